The zero-order valence-electron chi connectivity index (χ0n) is 17.3. The Morgan fingerprint density at radius 2 is 1.96 bits per heavy atom. The van der Waals surface area contributed by atoms with Crippen LogP contribution >= 0.6 is 0 Å². The first-order valence-corrected chi connectivity index (χ1v) is 10.0. The standard InChI is InChI=1S/C21H32N2O5/c1-5-17-15(4)12-16(20(27)23(17)9-6-14(2)3)19(26)22-21(13-18(24)25)7-10-28-11-8-21/h12,14H,5-11,13H2,1-4H3,(H,22,26)(H,24,25). The van der Waals surface area contributed by atoms with E-state index in [0.717, 1.165) is 17.7 Å². The molecule has 1 aromatic rings. The highest BCUT2D eigenvalue weighted by Crippen LogP contribution is 2.25. The van der Waals surface area contributed by atoms with Crippen LogP contribution in [-0.2, 0) is 22.5 Å². The Morgan fingerprint density at radius 1 is 1.32 bits per heavy atom. The van der Waals surface area contributed by atoms with E-state index < -0.39 is 17.4 Å². The number of carbonyl (C=O) groups is 2. The molecular formula is C21H32N2O5. The van der Waals surface area contributed by atoms with Crippen LogP contribution < -0.4 is 10.9 Å². The maximum absolute atomic E-state index is 13.1. The van der Waals surface area contributed by atoms with E-state index in [1.807, 2.05) is 13.8 Å². The van der Waals surface area contributed by atoms with Crippen molar-refractivity contribution in [3.05, 3.63) is 33.2 Å². The topological polar surface area (TPSA) is 97.6 Å². The van der Waals surface area contributed by atoms with Crippen LogP contribution in [0.4, 0.5) is 0 Å². The Bertz CT molecular complexity index is 776. The Labute approximate surface area is 166 Å². The van der Waals surface area contributed by atoms with Gasteiger partial charge in [0.2, 0.25) is 0 Å². The summed E-state index contributed by atoms with van der Waals surface area (Å²) in [5.74, 6) is -1.04. The first-order chi connectivity index (χ1) is 13.2. The van der Waals surface area contributed by atoms with Crippen molar-refractivity contribution in [3.8, 4) is 0 Å². The summed E-state index contributed by atoms with van der Waals surface area (Å²) in [6.07, 6.45) is 2.20. The van der Waals surface area contributed by atoms with Crippen molar-refractivity contribution in [2.24, 2.45) is 5.92 Å². The van der Waals surface area contributed by atoms with Crippen LogP contribution in [0.5, 0.6) is 0 Å². The number of pyridine rings is 1. The minimum atomic E-state index is -0.978. The fourth-order valence-corrected chi connectivity index (χ4v) is 3.80. The van der Waals surface area contributed by atoms with Crippen LogP contribution in [0.1, 0.15) is 68.1 Å². The zero-order chi connectivity index (χ0) is 20.9. The van der Waals surface area contributed by atoms with Gasteiger partial charge in [0.05, 0.1) is 12.0 Å². The molecule has 1 aromatic heterocycles. The molecule has 1 amide bonds. The molecule has 0 spiro atoms. The van der Waals surface area contributed by atoms with Gasteiger partial charge in [-0.25, -0.2) is 0 Å². The van der Waals surface area contributed by atoms with E-state index in [2.05, 4.69) is 19.2 Å². The molecule has 2 N–H and O–H groups in total. The number of amides is 1. The number of ether oxygens (including phenoxy) is 1. The molecule has 1 aliphatic heterocycles. The summed E-state index contributed by atoms with van der Waals surface area (Å²) in [6.45, 7) is 9.44. The van der Waals surface area contributed by atoms with E-state index >= 15 is 0 Å². The van der Waals surface area contributed by atoms with Gasteiger partial charge < -0.3 is 19.7 Å². The second kappa shape index (κ2) is 9.37. The van der Waals surface area contributed by atoms with Crippen LogP contribution in [0.2, 0.25) is 0 Å². The molecule has 0 bridgehead atoms. The lowest BCUT2D eigenvalue weighted by Crippen LogP contribution is -2.54. The van der Waals surface area contributed by atoms with Crippen molar-refractivity contribution < 1.29 is 19.4 Å². The molecule has 7 nitrogen and oxygen atoms in total. The number of nitrogens with one attached hydrogen (secondary N) is 1. The summed E-state index contributed by atoms with van der Waals surface area (Å²) in [4.78, 5) is 37.4. The van der Waals surface area contributed by atoms with Crippen LogP contribution in [0.25, 0.3) is 0 Å². The van der Waals surface area contributed by atoms with Gasteiger partial charge in [0, 0.05) is 25.5 Å². The van der Waals surface area contributed by atoms with E-state index in [0.29, 0.717) is 44.9 Å². The summed E-state index contributed by atoms with van der Waals surface area (Å²) in [5.41, 5.74) is 0.727. The van der Waals surface area contributed by atoms with Gasteiger partial charge in [0.25, 0.3) is 11.5 Å². The second-order valence-corrected chi connectivity index (χ2v) is 8.10. The Hall–Kier alpha value is -2.15. The number of aliphatic carboxylic acids is 1. The Kier molecular flexibility index (Phi) is 7.41. The summed E-state index contributed by atoms with van der Waals surface area (Å²) in [6, 6.07) is 1.64. The number of carboxylic acids is 1. The van der Waals surface area contributed by atoms with E-state index in [4.69, 9.17) is 4.74 Å². The minimum absolute atomic E-state index is 0.0784. The van der Waals surface area contributed by atoms with E-state index in [1.54, 1.807) is 10.6 Å². The Balaban J connectivity index is 2.38. The van der Waals surface area contributed by atoms with Gasteiger partial charge in [-0.3, -0.25) is 14.4 Å². The highest BCUT2D eigenvalue weighted by molar-refractivity contribution is 5.95. The lowest BCUT2D eigenvalue weighted by Gasteiger charge is -2.36. The molecule has 1 saturated heterocycles. The average Bonchev–Trinajstić information content (AvgIpc) is 2.61. The number of carboxylic acid groups (broad SMARTS) is 1. The monoisotopic (exact) mass is 392 g/mol. The molecule has 2 rings (SSSR count). The van der Waals surface area contributed by atoms with Crippen molar-refractivity contribution in [2.75, 3.05) is 13.2 Å². The molecular weight excluding hydrogens is 360 g/mol. The molecule has 7 heteroatoms. The summed E-state index contributed by atoms with van der Waals surface area (Å²) >= 11 is 0. The van der Waals surface area contributed by atoms with Crippen LogP contribution in [0.3, 0.4) is 0 Å². The molecule has 0 unspecified atom stereocenters. The summed E-state index contributed by atoms with van der Waals surface area (Å²) in [7, 11) is 0. The number of hydrogen-bond donors (Lipinski definition) is 2. The SMILES string of the molecule is CCc1c(C)cc(C(=O)NC2(CC(=O)O)CCOCC2)c(=O)n1CCC(C)C. The van der Waals surface area contributed by atoms with Gasteiger partial charge in [-0.1, -0.05) is 20.8 Å². The second-order valence-electron chi connectivity index (χ2n) is 8.10. The molecule has 1 aliphatic rings. The van der Waals surface area contributed by atoms with Crippen molar-refractivity contribution in [2.45, 2.75) is 71.9 Å². The molecule has 0 aliphatic carbocycles. The molecule has 0 saturated carbocycles. The summed E-state index contributed by atoms with van der Waals surface area (Å²) in [5, 5.41) is 12.2. The third-order valence-corrected chi connectivity index (χ3v) is 5.45. The molecule has 28 heavy (non-hydrogen) atoms. The molecule has 1 fully saturated rings. The smallest absolute Gasteiger partial charge is 0.305 e. The maximum Gasteiger partial charge on any atom is 0.305 e. The van der Waals surface area contributed by atoms with Crippen molar-refractivity contribution in [1.82, 2.24) is 9.88 Å². The predicted molar refractivity (Wildman–Crippen MR) is 107 cm³/mol. The third-order valence-electron chi connectivity index (χ3n) is 5.45. The number of aromatic nitrogens is 1. The Morgan fingerprint density at radius 3 is 2.50 bits per heavy atom. The first kappa shape index (κ1) is 22.1. The molecule has 0 atom stereocenters. The van der Waals surface area contributed by atoms with Gasteiger partial charge in [0.1, 0.15) is 5.56 Å². The lowest BCUT2D eigenvalue weighted by atomic mass is 9.86. The highest BCUT2D eigenvalue weighted by atomic mass is 16.5. The van der Waals surface area contributed by atoms with Gasteiger partial charge in [0.15, 0.2) is 0 Å². The van der Waals surface area contributed by atoms with Crippen LogP contribution in [0, 0.1) is 12.8 Å². The molecule has 0 aromatic carbocycles. The van der Waals surface area contributed by atoms with Crippen LogP contribution in [-0.4, -0.2) is 40.3 Å². The number of aryl methyl sites for hydroxylation is 1. The van der Waals surface area contributed by atoms with Gasteiger partial charge >= 0.3 is 5.97 Å². The van der Waals surface area contributed by atoms with Crippen molar-refractivity contribution in [1.29, 1.82) is 0 Å². The quantitative estimate of drug-likeness (QED) is 0.708. The van der Waals surface area contributed by atoms with Crippen molar-refractivity contribution in [3.63, 3.8) is 0 Å². The lowest BCUT2D eigenvalue weighted by molar-refractivity contribution is -0.139. The maximum atomic E-state index is 13.1. The fraction of sp³-hybridized carbons (Fsp3) is 0.667. The van der Waals surface area contributed by atoms with Gasteiger partial charge in [-0.15, -0.1) is 0 Å². The number of rotatable bonds is 8. The first-order valence-electron chi connectivity index (χ1n) is 10.0. The fourth-order valence-electron chi connectivity index (χ4n) is 3.80. The third kappa shape index (κ3) is 5.22. The number of hydrogen-bond acceptors (Lipinski definition) is 4. The average molecular weight is 392 g/mol. The van der Waals surface area contributed by atoms with Gasteiger partial charge in [-0.2, -0.15) is 0 Å². The number of nitrogens with zero attached hydrogens (tertiary/aromatic N) is 1. The van der Waals surface area contributed by atoms with E-state index in [9.17, 15) is 19.5 Å². The summed E-state index contributed by atoms with van der Waals surface area (Å²) < 4.78 is 7.04. The van der Waals surface area contributed by atoms with Crippen molar-refractivity contribution >= 4 is 11.9 Å². The zero-order valence-corrected chi connectivity index (χ0v) is 17.3. The predicted octanol–water partition coefficient (Wildman–Crippen LogP) is 2.52. The van der Waals surface area contributed by atoms with Gasteiger partial charge in [-0.05, 0) is 50.2 Å². The normalized spacial score (nSPS) is 16.2. The molecule has 2 heterocycles. The van der Waals surface area contributed by atoms with E-state index in [1.165, 1.54) is 0 Å². The largest absolute Gasteiger partial charge is 0.481 e. The van der Waals surface area contributed by atoms with E-state index in [-0.39, 0.29) is 17.5 Å². The molecule has 0 radical (unpaired) electrons. The highest BCUT2D eigenvalue weighted by Gasteiger charge is 2.37. The molecule has 156 valence electrons. The minimum Gasteiger partial charge on any atom is -0.481 e. The van der Waals surface area contributed by atoms with Crippen LogP contribution in [0.15, 0.2) is 10.9 Å². The number of carbonyl (C=O) groups excluding carboxylic acids is 1.